The average molecular weight is 335 g/mol. The number of hydrogen-bond acceptors (Lipinski definition) is 4. The number of rotatable bonds is 6. The maximum atomic E-state index is 12.3. The highest BCUT2D eigenvalue weighted by atomic mass is 32.2. The van der Waals surface area contributed by atoms with E-state index in [4.69, 9.17) is 0 Å². The van der Waals surface area contributed by atoms with Gasteiger partial charge in [-0.05, 0) is 12.1 Å². The highest BCUT2D eigenvalue weighted by Crippen LogP contribution is 2.29. The molecule has 0 saturated carbocycles. The van der Waals surface area contributed by atoms with Crippen LogP contribution in [-0.4, -0.2) is 30.9 Å². The molecule has 0 radical (unpaired) electrons. The van der Waals surface area contributed by atoms with Gasteiger partial charge in [0.05, 0.1) is 6.33 Å². The molecule has 10 heteroatoms. The van der Waals surface area contributed by atoms with E-state index in [1.807, 2.05) is 0 Å². The maximum Gasteiger partial charge on any atom is 0.573 e. The molecule has 0 bridgehead atoms. The molecule has 22 heavy (non-hydrogen) atoms. The second-order valence-corrected chi connectivity index (χ2v) is 5.93. The van der Waals surface area contributed by atoms with Gasteiger partial charge < -0.3 is 9.30 Å². The van der Waals surface area contributed by atoms with E-state index in [1.165, 1.54) is 24.7 Å². The van der Waals surface area contributed by atoms with E-state index < -0.39 is 27.0 Å². The zero-order valence-electron chi connectivity index (χ0n) is 11.1. The highest BCUT2D eigenvalue weighted by Gasteiger charge is 2.33. The van der Waals surface area contributed by atoms with Crippen LogP contribution in [0.5, 0.6) is 5.75 Å². The normalized spacial score (nSPS) is 12.3. The number of ether oxygens (including phenoxy) is 1. The Kier molecular flexibility index (Phi) is 4.71. The van der Waals surface area contributed by atoms with Gasteiger partial charge in [0.15, 0.2) is 0 Å². The summed E-state index contributed by atoms with van der Waals surface area (Å²) in [6.07, 6.45) is -0.312. The van der Waals surface area contributed by atoms with E-state index in [0.717, 1.165) is 12.1 Å². The van der Waals surface area contributed by atoms with Crippen LogP contribution in [0, 0.1) is 0 Å². The molecule has 120 valence electrons. The molecule has 1 aromatic carbocycles. The highest BCUT2D eigenvalue weighted by molar-refractivity contribution is 7.89. The Morgan fingerprint density at radius 3 is 2.64 bits per heavy atom. The molecule has 0 aliphatic heterocycles. The van der Waals surface area contributed by atoms with Gasteiger partial charge in [-0.25, -0.2) is 18.1 Å². The van der Waals surface area contributed by atoms with Crippen molar-refractivity contribution in [2.24, 2.45) is 0 Å². The van der Waals surface area contributed by atoms with Crippen molar-refractivity contribution in [2.75, 3.05) is 6.54 Å². The van der Waals surface area contributed by atoms with Crippen LogP contribution in [0.2, 0.25) is 0 Å². The minimum atomic E-state index is -4.97. The van der Waals surface area contributed by atoms with Crippen LogP contribution in [0.3, 0.4) is 0 Å². The fourth-order valence-electron chi connectivity index (χ4n) is 1.69. The van der Waals surface area contributed by atoms with Crippen molar-refractivity contribution in [3.63, 3.8) is 0 Å². The molecule has 0 fully saturated rings. The number of imidazole rings is 1. The van der Waals surface area contributed by atoms with E-state index >= 15 is 0 Å². The Labute approximate surface area is 124 Å². The second kappa shape index (κ2) is 6.36. The predicted octanol–water partition coefficient (Wildman–Crippen LogP) is 1.76. The van der Waals surface area contributed by atoms with Crippen molar-refractivity contribution in [1.29, 1.82) is 0 Å². The number of sulfonamides is 1. The zero-order chi connectivity index (χ0) is 16.2. The van der Waals surface area contributed by atoms with E-state index in [-0.39, 0.29) is 6.54 Å². The average Bonchev–Trinajstić information content (AvgIpc) is 2.90. The summed E-state index contributed by atoms with van der Waals surface area (Å²) in [6.45, 7) is 0.292. The van der Waals surface area contributed by atoms with Gasteiger partial charge in [0.1, 0.15) is 10.6 Å². The van der Waals surface area contributed by atoms with Gasteiger partial charge in [-0.3, -0.25) is 0 Å². The van der Waals surface area contributed by atoms with Gasteiger partial charge in [-0.1, -0.05) is 12.1 Å². The first-order chi connectivity index (χ1) is 10.3. The molecule has 0 unspecified atom stereocenters. The smallest absolute Gasteiger partial charge is 0.404 e. The number of nitrogens with zero attached hydrogens (tertiary/aromatic N) is 2. The molecule has 2 aromatic rings. The standard InChI is InChI=1S/C12H12F3N3O3S/c13-12(14,15)21-10-3-1-2-4-11(10)22(19,20)17-6-8-18-7-5-16-9-18/h1-5,7,9,17H,6,8H2. The first-order valence-electron chi connectivity index (χ1n) is 6.08. The van der Waals surface area contributed by atoms with E-state index in [2.05, 4.69) is 14.4 Å². The van der Waals surface area contributed by atoms with Gasteiger partial charge in [0.25, 0.3) is 0 Å². The second-order valence-electron chi connectivity index (χ2n) is 4.19. The maximum absolute atomic E-state index is 12.3. The minimum Gasteiger partial charge on any atom is -0.404 e. The Bertz CT molecular complexity index is 715. The Morgan fingerprint density at radius 2 is 2.00 bits per heavy atom. The minimum absolute atomic E-state index is 0.000947. The number of halogens is 3. The predicted molar refractivity (Wildman–Crippen MR) is 70.5 cm³/mol. The van der Waals surface area contributed by atoms with Gasteiger partial charge in [-0.2, -0.15) is 0 Å². The molecule has 0 aliphatic carbocycles. The fourth-order valence-corrected chi connectivity index (χ4v) is 2.83. The van der Waals surface area contributed by atoms with Gasteiger partial charge in [0.2, 0.25) is 10.0 Å². The van der Waals surface area contributed by atoms with Gasteiger partial charge >= 0.3 is 6.36 Å². The molecule has 2 rings (SSSR count). The van der Waals surface area contributed by atoms with Crippen LogP contribution < -0.4 is 9.46 Å². The van der Waals surface area contributed by atoms with E-state index in [0.29, 0.717) is 6.54 Å². The topological polar surface area (TPSA) is 73.2 Å². The molecule has 1 aromatic heterocycles. The van der Waals surface area contributed by atoms with E-state index in [1.54, 1.807) is 10.8 Å². The first-order valence-corrected chi connectivity index (χ1v) is 7.56. The summed E-state index contributed by atoms with van der Waals surface area (Å²) in [4.78, 5) is 3.22. The van der Waals surface area contributed by atoms with Crippen LogP contribution in [-0.2, 0) is 16.6 Å². The summed E-state index contributed by atoms with van der Waals surface area (Å²) in [5.74, 6) is -0.773. The molecule has 1 N–H and O–H groups in total. The number of aromatic nitrogens is 2. The summed E-state index contributed by atoms with van der Waals surface area (Å²) < 4.78 is 68.6. The fraction of sp³-hybridized carbons (Fsp3) is 0.250. The SMILES string of the molecule is O=S(=O)(NCCn1ccnc1)c1ccccc1OC(F)(F)F. The summed E-state index contributed by atoms with van der Waals surface area (Å²) in [5.41, 5.74) is 0. The molecular weight excluding hydrogens is 323 g/mol. The monoisotopic (exact) mass is 335 g/mol. The van der Waals surface area contributed by atoms with Crippen molar-refractivity contribution < 1.29 is 26.3 Å². The summed E-state index contributed by atoms with van der Waals surface area (Å²) in [6, 6.07) is 4.55. The Morgan fingerprint density at radius 1 is 1.27 bits per heavy atom. The number of benzene rings is 1. The van der Waals surface area contributed by atoms with Crippen LogP contribution in [0.1, 0.15) is 0 Å². The lowest BCUT2D eigenvalue weighted by Crippen LogP contribution is -2.28. The molecule has 1 heterocycles. The molecular formula is C12H12F3N3O3S. The quantitative estimate of drug-likeness (QED) is 0.873. The molecule has 0 saturated heterocycles. The first kappa shape index (κ1) is 16.3. The van der Waals surface area contributed by atoms with Gasteiger partial charge in [-0.15, -0.1) is 13.2 Å². The lowest BCUT2D eigenvalue weighted by molar-refractivity contribution is -0.275. The van der Waals surface area contributed by atoms with Crippen molar-refractivity contribution in [3.05, 3.63) is 43.0 Å². The lowest BCUT2D eigenvalue weighted by atomic mass is 10.3. The zero-order valence-corrected chi connectivity index (χ0v) is 11.9. The molecule has 0 spiro atoms. The molecule has 0 atom stereocenters. The molecule has 6 nitrogen and oxygen atoms in total. The third-order valence-corrected chi connectivity index (χ3v) is 4.09. The third-order valence-electron chi connectivity index (χ3n) is 2.59. The summed E-state index contributed by atoms with van der Waals surface area (Å²) >= 11 is 0. The van der Waals surface area contributed by atoms with Crippen molar-refractivity contribution >= 4 is 10.0 Å². The summed E-state index contributed by atoms with van der Waals surface area (Å²) in [7, 11) is -4.13. The summed E-state index contributed by atoms with van der Waals surface area (Å²) in [5, 5.41) is 0. The number of hydrogen-bond donors (Lipinski definition) is 1. The third kappa shape index (κ3) is 4.46. The largest absolute Gasteiger partial charge is 0.573 e. The van der Waals surface area contributed by atoms with Crippen molar-refractivity contribution in [1.82, 2.24) is 14.3 Å². The number of para-hydroxylation sites is 1. The van der Waals surface area contributed by atoms with Crippen LogP contribution in [0.25, 0.3) is 0 Å². The van der Waals surface area contributed by atoms with E-state index in [9.17, 15) is 21.6 Å². The lowest BCUT2D eigenvalue weighted by Gasteiger charge is -2.14. The van der Waals surface area contributed by atoms with Crippen molar-refractivity contribution in [3.8, 4) is 5.75 Å². The van der Waals surface area contributed by atoms with Crippen LogP contribution in [0.15, 0.2) is 47.9 Å². The number of alkyl halides is 3. The number of nitrogens with one attached hydrogen (secondary N) is 1. The molecule has 0 aliphatic rings. The Balaban J connectivity index is 2.11. The van der Waals surface area contributed by atoms with Crippen LogP contribution in [0.4, 0.5) is 13.2 Å². The van der Waals surface area contributed by atoms with Crippen LogP contribution >= 0.6 is 0 Å². The van der Waals surface area contributed by atoms with Crippen molar-refractivity contribution in [2.45, 2.75) is 17.8 Å². The Hall–Kier alpha value is -2.07. The van der Waals surface area contributed by atoms with Gasteiger partial charge in [0, 0.05) is 25.5 Å². The molecule has 0 amide bonds.